The zero-order chi connectivity index (χ0) is 23.9. The number of hydrogen-bond donors (Lipinski definition) is 1. The lowest BCUT2D eigenvalue weighted by atomic mass is 9.83. The smallest absolute Gasteiger partial charge is 0.275 e. The quantitative estimate of drug-likeness (QED) is 0.607. The average molecular weight is 480 g/mol. The lowest BCUT2D eigenvalue weighted by Gasteiger charge is -2.43. The molecular weight excluding hydrogens is 454 g/mol. The van der Waals surface area contributed by atoms with E-state index in [1.807, 2.05) is 4.90 Å². The number of nitrogens with zero attached hydrogens (tertiary/aromatic N) is 2. The van der Waals surface area contributed by atoms with E-state index in [2.05, 4.69) is 4.72 Å². The second-order valence-corrected chi connectivity index (χ2v) is 10.4. The molecule has 3 heterocycles. The van der Waals surface area contributed by atoms with E-state index in [-0.39, 0.29) is 33.9 Å². The molecule has 2 aromatic carbocycles. The van der Waals surface area contributed by atoms with Gasteiger partial charge in [-0.1, -0.05) is 18.2 Å². The number of fused-ring (bicyclic) bond motifs is 4. The summed E-state index contributed by atoms with van der Waals surface area (Å²) in [7, 11) is -2.28. The fraction of sp³-hybridized carbons (Fsp3) is 0.280. The van der Waals surface area contributed by atoms with E-state index in [0.717, 1.165) is 12.1 Å². The van der Waals surface area contributed by atoms with E-state index >= 15 is 0 Å². The highest BCUT2D eigenvalue weighted by atomic mass is 32.2. The molecular formula is C25H25N3O5S. The Morgan fingerprint density at radius 1 is 0.971 bits per heavy atom. The Bertz CT molecular complexity index is 1380. The van der Waals surface area contributed by atoms with Crippen LogP contribution in [0.25, 0.3) is 0 Å². The van der Waals surface area contributed by atoms with Crippen LogP contribution < -0.4 is 15.0 Å². The number of amides is 1. The van der Waals surface area contributed by atoms with Crippen molar-refractivity contribution in [3.63, 3.8) is 0 Å². The van der Waals surface area contributed by atoms with Crippen LogP contribution in [0.1, 0.15) is 28.4 Å². The number of anilines is 1. The number of likely N-dealkylation sites (tertiary alicyclic amines) is 1. The van der Waals surface area contributed by atoms with Crippen LogP contribution in [0, 0.1) is 5.92 Å². The molecule has 176 valence electrons. The molecule has 8 nitrogen and oxygen atoms in total. The van der Waals surface area contributed by atoms with Gasteiger partial charge in [-0.25, -0.2) is 8.42 Å². The first-order valence-electron chi connectivity index (χ1n) is 11.1. The summed E-state index contributed by atoms with van der Waals surface area (Å²) < 4.78 is 34.7. The molecule has 0 saturated carbocycles. The third kappa shape index (κ3) is 4.07. The van der Waals surface area contributed by atoms with Crippen molar-refractivity contribution < 1.29 is 17.9 Å². The molecule has 2 unspecified atom stereocenters. The van der Waals surface area contributed by atoms with Crippen molar-refractivity contribution in [3.8, 4) is 5.75 Å². The third-order valence-corrected chi connectivity index (χ3v) is 7.91. The summed E-state index contributed by atoms with van der Waals surface area (Å²) in [5, 5.41) is 0. The predicted molar refractivity (Wildman–Crippen MR) is 128 cm³/mol. The topological polar surface area (TPSA) is 97.7 Å². The minimum Gasteiger partial charge on any atom is -0.497 e. The summed E-state index contributed by atoms with van der Waals surface area (Å²) in [5.41, 5.74) is 1.10. The van der Waals surface area contributed by atoms with Crippen molar-refractivity contribution in [3.05, 3.63) is 88.3 Å². The Morgan fingerprint density at radius 3 is 2.41 bits per heavy atom. The minimum absolute atomic E-state index is 0.0159. The van der Waals surface area contributed by atoms with Gasteiger partial charge in [-0.15, -0.1) is 0 Å². The van der Waals surface area contributed by atoms with Gasteiger partial charge in [0, 0.05) is 36.8 Å². The molecule has 1 aromatic heterocycles. The molecule has 2 aliphatic rings. The number of rotatable bonds is 5. The second kappa shape index (κ2) is 8.64. The van der Waals surface area contributed by atoms with Crippen LogP contribution in [0.3, 0.4) is 0 Å². The standard InChI is InChI=1S/C25H25N3O5S/c1-33-20-9-7-18(8-10-20)24(29)27-14-17-13-19(16-27)23-12-11-22(25(30)28(23)15-17)26-34(31,32)21-5-3-2-4-6-21/h2-12,17,19,26H,13-16H2,1H3. The van der Waals surface area contributed by atoms with Crippen molar-refractivity contribution in [1.29, 1.82) is 0 Å². The second-order valence-electron chi connectivity index (χ2n) is 8.74. The molecule has 0 aliphatic carbocycles. The number of aromatic nitrogens is 1. The van der Waals surface area contributed by atoms with E-state index < -0.39 is 10.0 Å². The summed E-state index contributed by atoms with van der Waals surface area (Å²) in [6.07, 6.45) is 0.890. The fourth-order valence-electron chi connectivity index (χ4n) is 4.91. The maximum atomic E-state index is 13.2. The molecule has 2 bridgehead atoms. The van der Waals surface area contributed by atoms with Crippen LogP contribution in [-0.2, 0) is 16.6 Å². The molecule has 1 amide bonds. The normalized spacial score (nSPS) is 19.3. The van der Waals surface area contributed by atoms with E-state index in [0.29, 0.717) is 30.9 Å². The number of pyridine rings is 1. The van der Waals surface area contributed by atoms with E-state index in [4.69, 9.17) is 4.74 Å². The van der Waals surface area contributed by atoms with Crippen LogP contribution in [0.5, 0.6) is 5.75 Å². The van der Waals surface area contributed by atoms with Crippen LogP contribution in [0.2, 0.25) is 0 Å². The van der Waals surface area contributed by atoms with Crippen molar-refractivity contribution >= 4 is 21.6 Å². The fourth-order valence-corrected chi connectivity index (χ4v) is 5.99. The Morgan fingerprint density at radius 2 is 1.71 bits per heavy atom. The Labute approximate surface area is 197 Å². The summed E-state index contributed by atoms with van der Waals surface area (Å²) in [6.45, 7) is 1.50. The number of ether oxygens (including phenoxy) is 1. The lowest BCUT2D eigenvalue weighted by Crippen LogP contribution is -2.49. The highest BCUT2D eigenvalue weighted by molar-refractivity contribution is 7.92. The maximum absolute atomic E-state index is 13.2. The van der Waals surface area contributed by atoms with Gasteiger partial charge < -0.3 is 14.2 Å². The SMILES string of the molecule is COc1ccc(C(=O)N2CC3CC(C2)c2ccc(NS(=O)(=O)c4ccccc4)c(=O)n2C3)cc1. The molecule has 9 heteroatoms. The minimum atomic E-state index is -3.86. The highest BCUT2D eigenvalue weighted by Gasteiger charge is 2.37. The first kappa shape index (κ1) is 22.2. The molecule has 0 radical (unpaired) electrons. The zero-order valence-corrected chi connectivity index (χ0v) is 19.5. The summed E-state index contributed by atoms with van der Waals surface area (Å²) in [5.74, 6) is 0.786. The number of nitrogens with one attached hydrogen (secondary N) is 1. The molecule has 34 heavy (non-hydrogen) atoms. The van der Waals surface area contributed by atoms with Gasteiger partial charge in [-0.2, -0.15) is 0 Å². The van der Waals surface area contributed by atoms with Gasteiger partial charge in [0.2, 0.25) is 0 Å². The van der Waals surface area contributed by atoms with Crippen molar-refractivity contribution in [1.82, 2.24) is 9.47 Å². The predicted octanol–water partition coefficient (Wildman–Crippen LogP) is 2.92. The lowest BCUT2D eigenvalue weighted by molar-refractivity contribution is 0.0594. The van der Waals surface area contributed by atoms with Gasteiger partial charge in [0.05, 0.1) is 12.0 Å². The van der Waals surface area contributed by atoms with E-state index in [1.165, 1.54) is 18.2 Å². The van der Waals surface area contributed by atoms with Gasteiger partial charge in [0.25, 0.3) is 21.5 Å². The molecule has 2 atom stereocenters. The molecule has 5 rings (SSSR count). The summed E-state index contributed by atoms with van der Waals surface area (Å²) in [6, 6.07) is 18.3. The zero-order valence-electron chi connectivity index (χ0n) is 18.7. The number of piperidine rings is 1. The van der Waals surface area contributed by atoms with E-state index in [1.54, 1.807) is 60.2 Å². The number of carbonyl (C=O) groups is 1. The molecule has 3 aromatic rings. The summed E-state index contributed by atoms with van der Waals surface area (Å²) >= 11 is 0. The number of methoxy groups -OCH3 is 1. The largest absolute Gasteiger partial charge is 0.497 e. The van der Waals surface area contributed by atoms with Gasteiger partial charge >= 0.3 is 0 Å². The summed E-state index contributed by atoms with van der Waals surface area (Å²) in [4.78, 5) is 28.2. The highest BCUT2D eigenvalue weighted by Crippen LogP contribution is 2.36. The van der Waals surface area contributed by atoms with Crippen molar-refractivity contribution in [2.24, 2.45) is 5.92 Å². The first-order valence-corrected chi connectivity index (χ1v) is 12.6. The van der Waals surface area contributed by atoms with Gasteiger partial charge in [-0.3, -0.25) is 14.3 Å². The average Bonchev–Trinajstić information content (AvgIpc) is 2.86. The van der Waals surface area contributed by atoms with Crippen LogP contribution in [-0.4, -0.2) is 44.0 Å². The van der Waals surface area contributed by atoms with Crippen LogP contribution in [0.4, 0.5) is 5.69 Å². The number of benzene rings is 2. The number of sulfonamides is 1. The van der Waals surface area contributed by atoms with Gasteiger partial charge in [-0.05, 0) is 60.9 Å². The molecule has 1 N–H and O–H groups in total. The maximum Gasteiger partial charge on any atom is 0.275 e. The van der Waals surface area contributed by atoms with Crippen LogP contribution in [0.15, 0.2) is 76.4 Å². The molecule has 1 fully saturated rings. The Hall–Kier alpha value is -3.59. The molecule has 0 spiro atoms. The van der Waals surface area contributed by atoms with Gasteiger partial charge in [0.15, 0.2) is 0 Å². The molecule has 2 aliphatic heterocycles. The number of hydrogen-bond acceptors (Lipinski definition) is 5. The Kier molecular flexibility index (Phi) is 5.65. The van der Waals surface area contributed by atoms with Gasteiger partial charge in [0.1, 0.15) is 11.4 Å². The third-order valence-electron chi connectivity index (χ3n) is 6.53. The monoisotopic (exact) mass is 479 g/mol. The first-order chi connectivity index (χ1) is 16.4. The van der Waals surface area contributed by atoms with Crippen molar-refractivity contribution in [2.75, 3.05) is 24.9 Å². The van der Waals surface area contributed by atoms with Crippen molar-refractivity contribution in [2.45, 2.75) is 23.8 Å². The Balaban J connectivity index is 1.38. The molecule has 1 saturated heterocycles. The van der Waals surface area contributed by atoms with Crippen LogP contribution >= 0.6 is 0 Å². The number of carbonyl (C=O) groups excluding carboxylic acids is 1. The van der Waals surface area contributed by atoms with E-state index in [9.17, 15) is 18.0 Å².